The molecule has 3 aliphatic heterocycles. The Morgan fingerprint density at radius 3 is 2.88 bits per heavy atom. The molecule has 1 aromatic carbocycles. The van der Waals surface area contributed by atoms with Crippen LogP contribution < -0.4 is 16.0 Å². The third-order valence-electron chi connectivity index (χ3n) is 4.46. The van der Waals surface area contributed by atoms with Crippen molar-refractivity contribution in [1.29, 1.82) is 0 Å². The van der Waals surface area contributed by atoms with Gasteiger partial charge in [-0.15, -0.1) is 0 Å². The normalized spacial score (nSPS) is 19.5. The molecule has 132 valence electrons. The van der Waals surface area contributed by atoms with Crippen LogP contribution in [-0.4, -0.2) is 42.6 Å². The topological polar surface area (TPSA) is 91.0 Å². The Labute approximate surface area is 151 Å². The van der Waals surface area contributed by atoms with Crippen LogP contribution in [0.25, 0.3) is 0 Å². The monoisotopic (exact) mass is 349 g/mol. The number of amides is 2. The van der Waals surface area contributed by atoms with Gasteiger partial charge in [-0.2, -0.15) is 0 Å². The highest BCUT2D eigenvalue weighted by Gasteiger charge is 2.34. The second-order valence-electron chi connectivity index (χ2n) is 6.31. The molecule has 7 nitrogen and oxygen atoms in total. The van der Waals surface area contributed by atoms with Crippen molar-refractivity contribution in [2.75, 3.05) is 30.3 Å². The van der Waals surface area contributed by atoms with E-state index in [0.29, 0.717) is 36.6 Å². The molecule has 3 N–H and O–H groups in total. The number of allylic oxidation sites excluding steroid dienone is 1. The summed E-state index contributed by atoms with van der Waals surface area (Å²) < 4.78 is 0. The van der Waals surface area contributed by atoms with Gasteiger partial charge in [-0.25, -0.2) is 9.69 Å². The molecule has 1 aromatic rings. The Morgan fingerprint density at radius 1 is 1.23 bits per heavy atom. The van der Waals surface area contributed by atoms with E-state index in [1.165, 1.54) is 6.08 Å². The molecule has 0 aromatic heterocycles. The van der Waals surface area contributed by atoms with E-state index >= 15 is 0 Å². The van der Waals surface area contributed by atoms with Crippen LogP contribution in [0.3, 0.4) is 0 Å². The summed E-state index contributed by atoms with van der Waals surface area (Å²) in [4.78, 5) is 32.4. The maximum absolute atomic E-state index is 13.2. The lowest BCUT2D eigenvalue weighted by molar-refractivity contribution is -0.113. The van der Waals surface area contributed by atoms with E-state index in [1.807, 2.05) is 30.4 Å². The summed E-state index contributed by atoms with van der Waals surface area (Å²) in [7, 11) is 0. The van der Waals surface area contributed by atoms with Crippen LogP contribution in [0.5, 0.6) is 0 Å². The van der Waals surface area contributed by atoms with Gasteiger partial charge in [-0.3, -0.25) is 9.79 Å². The average molecular weight is 349 g/mol. The summed E-state index contributed by atoms with van der Waals surface area (Å²) in [6.45, 7) is 1.37. The van der Waals surface area contributed by atoms with Gasteiger partial charge < -0.3 is 16.0 Å². The fraction of sp³-hybridized carbons (Fsp3) is 0.211. The molecule has 0 saturated heterocycles. The van der Waals surface area contributed by atoms with Gasteiger partial charge in [0, 0.05) is 30.8 Å². The number of ketones is 1. The Morgan fingerprint density at radius 2 is 2.08 bits per heavy atom. The van der Waals surface area contributed by atoms with Gasteiger partial charge in [-0.1, -0.05) is 24.3 Å². The maximum Gasteiger partial charge on any atom is 0.330 e. The second-order valence-corrected chi connectivity index (χ2v) is 6.31. The SMILES string of the molecule is Nc1ccccc1N1C(=O)N(CC2=CC(=O)CC=N2)CC2=C1NCC=C2. The number of nitrogen functional groups attached to an aromatic ring is 1. The Bertz CT molecular complexity index is 897. The number of nitrogens with one attached hydrogen (secondary N) is 1. The molecule has 0 fully saturated rings. The number of carbonyl (C=O) groups excluding carboxylic acids is 2. The lowest BCUT2D eigenvalue weighted by Crippen LogP contribution is -2.52. The molecular weight excluding hydrogens is 330 g/mol. The summed E-state index contributed by atoms with van der Waals surface area (Å²) in [5.41, 5.74) is 8.86. The van der Waals surface area contributed by atoms with Crippen molar-refractivity contribution in [2.24, 2.45) is 4.99 Å². The molecule has 7 heteroatoms. The quantitative estimate of drug-likeness (QED) is 0.814. The van der Waals surface area contributed by atoms with Gasteiger partial charge in [0.15, 0.2) is 5.78 Å². The van der Waals surface area contributed by atoms with E-state index in [9.17, 15) is 9.59 Å². The average Bonchev–Trinajstić information content (AvgIpc) is 2.64. The lowest BCUT2D eigenvalue weighted by Gasteiger charge is -2.39. The van der Waals surface area contributed by atoms with Gasteiger partial charge in [0.2, 0.25) is 0 Å². The highest BCUT2D eigenvalue weighted by atomic mass is 16.2. The molecule has 0 bridgehead atoms. The zero-order valence-corrected chi connectivity index (χ0v) is 14.2. The van der Waals surface area contributed by atoms with Crippen molar-refractivity contribution in [3.8, 4) is 0 Å². The number of para-hydroxylation sites is 2. The van der Waals surface area contributed by atoms with Crippen LogP contribution in [0, 0.1) is 0 Å². The third-order valence-corrected chi connectivity index (χ3v) is 4.46. The van der Waals surface area contributed by atoms with E-state index in [1.54, 1.807) is 22.1 Å². The number of nitrogens with two attached hydrogens (primary N) is 1. The second kappa shape index (κ2) is 6.51. The zero-order chi connectivity index (χ0) is 18.1. The number of aliphatic imine (C=N–C) groups is 1. The van der Waals surface area contributed by atoms with Gasteiger partial charge in [0.05, 0.1) is 30.2 Å². The van der Waals surface area contributed by atoms with Crippen molar-refractivity contribution >= 4 is 29.4 Å². The number of rotatable bonds is 3. The molecule has 26 heavy (non-hydrogen) atoms. The van der Waals surface area contributed by atoms with Crippen molar-refractivity contribution in [2.45, 2.75) is 6.42 Å². The van der Waals surface area contributed by atoms with Crippen LogP contribution in [-0.2, 0) is 4.79 Å². The number of benzene rings is 1. The first-order valence-corrected chi connectivity index (χ1v) is 8.46. The van der Waals surface area contributed by atoms with Crippen molar-refractivity contribution in [3.63, 3.8) is 0 Å². The summed E-state index contributed by atoms with van der Waals surface area (Å²) in [6.07, 6.45) is 7.44. The number of hydrogen-bond acceptors (Lipinski definition) is 5. The van der Waals surface area contributed by atoms with Crippen molar-refractivity contribution in [3.05, 3.63) is 59.6 Å². The lowest BCUT2D eigenvalue weighted by atomic mass is 10.1. The number of urea groups is 1. The molecule has 0 atom stereocenters. The molecule has 0 aliphatic carbocycles. The first-order chi connectivity index (χ1) is 12.6. The van der Waals surface area contributed by atoms with Crippen LogP contribution in [0.1, 0.15) is 6.42 Å². The zero-order valence-electron chi connectivity index (χ0n) is 14.2. The highest BCUT2D eigenvalue weighted by molar-refractivity contribution is 6.02. The van der Waals surface area contributed by atoms with Gasteiger partial charge >= 0.3 is 6.03 Å². The van der Waals surface area contributed by atoms with Gasteiger partial charge in [-0.05, 0) is 12.1 Å². The molecule has 0 radical (unpaired) electrons. The Kier molecular flexibility index (Phi) is 4.04. The summed E-state index contributed by atoms with van der Waals surface area (Å²) in [5.74, 6) is 0.756. The molecular formula is C19H19N5O2. The summed E-state index contributed by atoms with van der Waals surface area (Å²) >= 11 is 0. The molecule has 0 spiro atoms. The number of anilines is 2. The van der Waals surface area contributed by atoms with E-state index in [0.717, 1.165) is 11.4 Å². The standard InChI is InChI=1S/C19H19N5O2/c20-16-5-1-2-6-17(16)24-18-13(4-3-8-22-18)11-23(19(24)26)12-14-10-15(25)7-9-21-14/h1-6,9-10,22H,7-8,11-12,20H2. The predicted octanol–water partition coefficient (Wildman–Crippen LogP) is 1.81. The number of hydrogen-bond donors (Lipinski definition) is 2. The Hall–Kier alpha value is -3.35. The fourth-order valence-corrected chi connectivity index (χ4v) is 3.26. The van der Waals surface area contributed by atoms with Crippen LogP contribution in [0.2, 0.25) is 0 Å². The smallest absolute Gasteiger partial charge is 0.330 e. The van der Waals surface area contributed by atoms with Crippen molar-refractivity contribution < 1.29 is 9.59 Å². The minimum absolute atomic E-state index is 0.00255. The molecule has 3 aliphatic rings. The fourth-order valence-electron chi connectivity index (χ4n) is 3.26. The molecule has 0 saturated carbocycles. The number of nitrogens with zero attached hydrogens (tertiary/aromatic N) is 3. The summed E-state index contributed by atoms with van der Waals surface area (Å²) in [6, 6.07) is 7.08. The minimum atomic E-state index is -0.196. The third kappa shape index (κ3) is 2.88. The molecule has 4 rings (SSSR count). The van der Waals surface area contributed by atoms with Crippen LogP contribution >= 0.6 is 0 Å². The van der Waals surface area contributed by atoms with Crippen molar-refractivity contribution in [1.82, 2.24) is 10.2 Å². The summed E-state index contributed by atoms with van der Waals surface area (Å²) in [5, 5.41) is 3.28. The van der Waals surface area contributed by atoms with Crippen LogP contribution in [0.4, 0.5) is 16.2 Å². The van der Waals surface area contributed by atoms with E-state index in [-0.39, 0.29) is 18.4 Å². The Balaban J connectivity index is 1.71. The first-order valence-electron chi connectivity index (χ1n) is 8.46. The van der Waals surface area contributed by atoms with Gasteiger partial charge in [0.1, 0.15) is 5.82 Å². The highest BCUT2D eigenvalue weighted by Crippen LogP contribution is 2.32. The molecule has 2 amide bonds. The maximum atomic E-state index is 13.2. The number of dihydropyridines is 1. The van der Waals surface area contributed by atoms with E-state index in [4.69, 9.17) is 5.73 Å². The molecule has 3 heterocycles. The minimum Gasteiger partial charge on any atom is -0.397 e. The number of carbonyl (C=O) groups is 2. The molecule has 0 unspecified atom stereocenters. The largest absolute Gasteiger partial charge is 0.397 e. The first kappa shape index (κ1) is 16.1. The van der Waals surface area contributed by atoms with E-state index in [2.05, 4.69) is 10.3 Å². The van der Waals surface area contributed by atoms with Crippen LogP contribution in [0.15, 0.2) is 64.6 Å². The van der Waals surface area contributed by atoms with E-state index < -0.39 is 0 Å². The van der Waals surface area contributed by atoms with Gasteiger partial charge in [0.25, 0.3) is 0 Å². The predicted molar refractivity (Wildman–Crippen MR) is 101 cm³/mol.